The zero-order chi connectivity index (χ0) is 19.7. The van der Waals surface area contributed by atoms with Crippen molar-refractivity contribution in [1.82, 2.24) is 20.5 Å². The van der Waals surface area contributed by atoms with Crippen molar-refractivity contribution >= 4 is 5.91 Å². The Labute approximate surface area is 167 Å². The van der Waals surface area contributed by atoms with Gasteiger partial charge in [0.25, 0.3) is 6.04 Å². The lowest BCUT2D eigenvalue weighted by Gasteiger charge is -2.48. The van der Waals surface area contributed by atoms with E-state index in [0.717, 1.165) is 38.9 Å². The molecule has 0 spiro atoms. The van der Waals surface area contributed by atoms with Crippen LogP contribution < -0.4 is 10.6 Å². The molecule has 3 aliphatic rings. The van der Waals surface area contributed by atoms with Crippen LogP contribution in [-0.2, 0) is 11.2 Å². The first-order valence-electron chi connectivity index (χ1n) is 10.6. The Hall–Kier alpha value is -1.99. The van der Waals surface area contributed by atoms with E-state index < -0.39 is 0 Å². The third-order valence-electron chi connectivity index (χ3n) is 6.66. The van der Waals surface area contributed by atoms with Crippen LogP contribution in [0.5, 0.6) is 0 Å². The number of hydrogen-bond donors (Lipinski definition) is 2. The Morgan fingerprint density at radius 1 is 1.18 bits per heavy atom. The third-order valence-corrected chi connectivity index (χ3v) is 6.66. The Balaban J connectivity index is 1.54. The number of carbonyl (C=O) groups excluding carboxylic acids is 1. The number of nitrogens with zero attached hydrogens (tertiary/aromatic N) is 3. The SMILES string of the molecule is CCC(=O)N1CCC2C(C1)NC(Cc1ccccc1)NC2C1CCN(C)[N+]1=O. The van der Waals surface area contributed by atoms with E-state index in [1.54, 1.807) is 5.01 Å². The Kier molecular flexibility index (Phi) is 5.64. The highest BCUT2D eigenvalue weighted by molar-refractivity contribution is 5.76. The molecule has 1 aromatic carbocycles. The molecule has 0 aromatic heterocycles. The Bertz CT molecular complexity index is 712. The maximum Gasteiger partial charge on any atom is 0.251 e. The molecular formula is C21H32N5O2+. The average molecular weight is 387 g/mol. The van der Waals surface area contributed by atoms with Crippen LogP contribution in [0.3, 0.4) is 0 Å². The zero-order valence-corrected chi connectivity index (χ0v) is 16.9. The van der Waals surface area contributed by atoms with Gasteiger partial charge in [-0.3, -0.25) is 15.4 Å². The number of nitroso groups, excluding NO2 is 1. The summed E-state index contributed by atoms with van der Waals surface area (Å²) in [5.74, 6) is 0.585. The molecule has 3 heterocycles. The van der Waals surface area contributed by atoms with Gasteiger partial charge in [0.1, 0.15) is 4.87 Å². The van der Waals surface area contributed by atoms with Crippen LogP contribution in [0.15, 0.2) is 30.3 Å². The summed E-state index contributed by atoms with van der Waals surface area (Å²) in [5.41, 5.74) is 1.27. The highest BCUT2D eigenvalue weighted by Gasteiger charge is 2.52. The summed E-state index contributed by atoms with van der Waals surface area (Å²) in [7, 11) is 1.87. The quantitative estimate of drug-likeness (QED) is 0.760. The number of hydrogen-bond acceptors (Lipinski definition) is 4. The molecular weight excluding hydrogens is 354 g/mol. The maximum atomic E-state index is 12.7. The summed E-state index contributed by atoms with van der Waals surface area (Å²) in [6.07, 6.45) is 3.34. The minimum absolute atomic E-state index is 0.0358. The van der Waals surface area contributed by atoms with Gasteiger partial charge in [0.15, 0.2) is 0 Å². The van der Waals surface area contributed by atoms with Crippen LogP contribution in [0.4, 0.5) is 0 Å². The van der Waals surface area contributed by atoms with Crippen molar-refractivity contribution in [2.75, 3.05) is 26.7 Å². The van der Waals surface area contributed by atoms with Crippen molar-refractivity contribution in [3.05, 3.63) is 40.8 Å². The van der Waals surface area contributed by atoms with Crippen molar-refractivity contribution in [2.24, 2.45) is 5.92 Å². The number of rotatable bonds is 4. The molecule has 0 bridgehead atoms. The highest BCUT2D eigenvalue weighted by Crippen LogP contribution is 2.31. The fourth-order valence-electron chi connectivity index (χ4n) is 5.15. The van der Waals surface area contributed by atoms with E-state index in [1.165, 1.54) is 10.4 Å². The molecule has 7 heteroatoms. The second kappa shape index (κ2) is 8.17. The molecule has 0 radical (unpaired) electrons. The Morgan fingerprint density at radius 2 is 1.96 bits per heavy atom. The maximum absolute atomic E-state index is 12.7. The summed E-state index contributed by atoms with van der Waals surface area (Å²) in [6, 6.07) is 10.8. The largest absolute Gasteiger partial charge is 0.341 e. The van der Waals surface area contributed by atoms with Crippen molar-refractivity contribution < 1.29 is 9.66 Å². The standard InChI is InChI=1S/C21H32N5O2/c1-3-20(27)25-12-9-16-17(14-25)22-19(13-15-7-5-4-6-8-15)23-21(16)18-10-11-24(2)26(18)28/h4-8,16-19,21-23H,3,9-14H2,1-2H3/q+1. The lowest BCUT2D eigenvalue weighted by Crippen LogP contribution is -2.71. The van der Waals surface area contributed by atoms with E-state index >= 15 is 0 Å². The number of hydrazine groups is 1. The monoisotopic (exact) mass is 386 g/mol. The van der Waals surface area contributed by atoms with E-state index in [1.807, 2.05) is 24.9 Å². The van der Waals surface area contributed by atoms with Crippen molar-refractivity contribution in [1.29, 1.82) is 0 Å². The second-order valence-electron chi connectivity index (χ2n) is 8.39. The smallest absolute Gasteiger partial charge is 0.251 e. The van der Waals surface area contributed by atoms with Gasteiger partial charge in [0.2, 0.25) is 5.91 Å². The molecule has 7 nitrogen and oxygen atoms in total. The van der Waals surface area contributed by atoms with E-state index in [-0.39, 0.29) is 30.2 Å². The van der Waals surface area contributed by atoms with Crippen LogP contribution >= 0.6 is 0 Å². The molecule has 3 fully saturated rings. The van der Waals surface area contributed by atoms with Crippen molar-refractivity contribution in [2.45, 2.75) is 56.9 Å². The van der Waals surface area contributed by atoms with Crippen molar-refractivity contribution in [3.8, 4) is 0 Å². The lowest BCUT2D eigenvalue weighted by atomic mass is 9.78. The van der Waals surface area contributed by atoms with Gasteiger partial charge in [-0.15, -0.1) is 5.01 Å². The highest BCUT2D eigenvalue weighted by atomic mass is 16.3. The van der Waals surface area contributed by atoms with Crippen LogP contribution in [-0.4, -0.2) is 71.7 Å². The first kappa shape index (κ1) is 19.3. The molecule has 2 N–H and O–H groups in total. The third kappa shape index (κ3) is 3.78. The first-order chi connectivity index (χ1) is 13.6. The minimum Gasteiger partial charge on any atom is -0.341 e. The van der Waals surface area contributed by atoms with Gasteiger partial charge in [0, 0.05) is 38.4 Å². The predicted molar refractivity (Wildman–Crippen MR) is 107 cm³/mol. The van der Waals surface area contributed by atoms with Crippen LogP contribution in [0.2, 0.25) is 0 Å². The number of benzene rings is 1. The number of piperidine rings is 1. The van der Waals surface area contributed by atoms with E-state index in [9.17, 15) is 9.70 Å². The second-order valence-corrected chi connectivity index (χ2v) is 8.39. The molecule has 3 saturated heterocycles. The van der Waals surface area contributed by atoms with Gasteiger partial charge >= 0.3 is 0 Å². The van der Waals surface area contributed by atoms with Gasteiger partial charge in [0.05, 0.1) is 30.7 Å². The molecule has 3 aliphatic heterocycles. The topological polar surface area (TPSA) is 67.7 Å². The molecule has 5 unspecified atom stereocenters. The van der Waals surface area contributed by atoms with Crippen LogP contribution in [0.1, 0.15) is 31.7 Å². The zero-order valence-electron chi connectivity index (χ0n) is 16.9. The number of likely N-dealkylation sites (tertiary alicyclic amines) is 1. The summed E-state index contributed by atoms with van der Waals surface area (Å²) in [4.78, 5) is 28.1. The number of carbonyl (C=O) groups is 1. The van der Waals surface area contributed by atoms with E-state index in [4.69, 9.17) is 0 Å². The number of nitrogens with one attached hydrogen (secondary N) is 2. The van der Waals surface area contributed by atoms with Gasteiger partial charge in [-0.05, 0) is 17.9 Å². The fraction of sp³-hybridized carbons (Fsp3) is 0.667. The fourth-order valence-corrected chi connectivity index (χ4v) is 5.15. The molecule has 4 rings (SSSR count). The molecule has 5 atom stereocenters. The Morgan fingerprint density at radius 3 is 2.64 bits per heavy atom. The predicted octanol–water partition coefficient (Wildman–Crippen LogP) is 1.14. The first-order valence-corrected chi connectivity index (χ1v) is 10.6. The van der Waals surface area contributed by atoms with Crippen molar-refractivity contribution in [3.63, 3.8) is 0 Å². The molecule has 0 saturated carbocycles. The number of amides is 1. The lowest BCUT2D eigenvalue weighted by molar-refractivity contribution is -0.709. The van der Waals surface area contributed by atoms with Gasteiger partial charge in [-0.25, -0.2) is 0 Å². The summed E-state index contributed by atoms with van der Waals surface area (Å²) in [6.45, 7) is 4.26. The van der Waals surface area contributed by atoms with Gasteiger partial charge < -0.3 is 4.90 Å². The molecule has 28 heavy (non-hydrogen) atoms. The van der Waals surface area contributed by atoms with E-state index in [0.29, 0.717) is 12.3 Å². The molecule has 0 aliphatic carbocycles. The minimum atomic E-state index is -0.0358. The van der Waals surface area contributed by atoms with Crippen LogP contribution in [0.25, 0.3) is 0 Å². The summed E-state index contributed by atoms with van der Waals surface area (Å²) in [5, 5.41) is 9.31. The number of fused-ring (bicyclic) bond motifs is 1. The van der Waals surface area contributed by atoms with E-state index in [2.05, 4.69) is 34.9 Å². The summed E-state index contributed by atoms with van der Waals surface area (Å²) >= 11 is 0. The van der Waals surface area contributed by atoms with Gasteiger partial charge in [-0.2, -0.15) is 0 Å². The normalized spacial score (nSPS) is 33.1. The molecule has 152 valence electrons. The molecule has 1 aromatic rings. The van der Waals surface area contributed by atoms with Crippen LogP contribution in [0, 0.1) is 10.8 Å². The molecule has 1 amide bonds. The van der Waals surface area contributed by atoms with Gasteiger partial charge in [-0.1, -0.05) is 37.3 Å². The average Bonchev–Trinajstić information content (AvgIpc) is 3.05. The summed E-state index contributed by atoms with van der Waals surface area (Å²) < 4.78 is 0.